The second-order valence-corrected chi connectivity index (χ2v) is 14.9. The predicted octanol–water partition coefficient (Wildman–Crippen LogP) is 1.94. The molecule has 1 aliphatic heterocycles. The van der Waals surface area contributed by atoms with Crippen molar-refractivity contribution in [3.05, 3.63) is 93.3 Å². The number of rotatable bonds is 8. The van der Waals surface area contributed by atoms with Crippen LogP contribution >= 0.6 is 0 Å². The summed E-state index contributed by atoms with van der Waals surface area (Å²) >= 11 is 0. The first kappa shape index (κ1) is 27.2. The number of aromatic nitrogens is 2. The van der Waals surface area contributed by atoms with Crippen LogP contribution in [0.15, 0.2) is 76.4 Å². The first-order valence-corrected chi connectivity index (χ1v) is 14.4. The molecule has 9 heteroatoms. The predicted molar refractivity (Wildman–Crippen MR) is 145 cm³/mol. The van der Waals surface area contributed by atoms with E-state index >= 15 is 0 Å². The van der Waals surface area contributed by atoms with Crippen molar-refractivity contribution in [2.75, 3.05) is 20.3 Å². The van der Waals surface area contributed by atoms with E-state index in [-0.39, 0.29) is 18.3 Å². The molecule has 1 fully saturated rings. The van der Waals surface area contributed by atoms with Gasteiger partial charge in [0.1, 0.15) is 6.10 Å². The average Bonchev–Trinajstić information content (AvgIpc) is 3.24. The summed E-state index contributed by atoms with van der Waals surface area (Å²) in [6, 6.07) is 20.6. The summed E-state index contributed by atoms with van der Waals surface area (Å²) in [5.74, 6) is -0.438. The van der Waals surface area contributed by atoms with Gasteiger partial charge in [-0.2, -0.15) is 0 Å². The monoisotopic (exact) mass is 524 g/mol. The highest BCUT2D eigenvalue weighted by Crippen LogP contribution is 2.39. The Balaban J connectivity index is 1.74. The van der Waals surface area contributed by atoms with E-state index in [1.807, 2.05) is 36.4 Å². The molecule has 2 N–H and O–H groups in total. The van der Waals surface area contributed by atoms with Crippen LogP contribution in [-0.4, -0.2) is 55.5 Å². The molecule has 1 aliphatic rings. The first-order valence-electron chi connectivity index (χ1n) is 12.5. The number of aromatic amines is 1. The second-order valence-electron chi connectivity index (χ2n) is 10.6. The van der Waals surface area contributed by atoms with Crippen LogP contribution in [-0.2, 0) is 13.9 Å². The number of aliphatic hydroxyl groups excluding tert-OH is 1. The quantitative estimate of drug-likeness (QED) is 0.437. The molecule has 1 aromatic heterocycles. The van der Waals surface area contributed by atoms with Gasteiger partial charge >= 0.3 is 5.69 Å². The zero-order valence-electron chi connectivity index (χ0n) is 22.0. The highest BCUT2D eigenvalue weighted by molar-refractivity contribution is 6.99. The average molecular weight is 525 g/mol. The van der Waals surface area contributed by atoms with Crippen LogP contribution in [0, 0.1) is 12.8 Å². The molecule has 0 aliphatic carbocycles. The summed E-state index contributed by atoms with van der Waals surface area (Å²) in [6.07, 6.45) is -0.503. The highest BCUT2D eigenvalue weighted by atomic mass is 28.4. The molecule has 3 aromatic rings. The zero-order valence-corrected chi connectivity index (χ0v) is 23.0. The van der Waals surface area contributed by atoms with E-state index in [1.54, 1.807) is 6.92 Å². The number of methoxy groups -OCH3 is 1. The molecule has 37 heavy (non-hydrogen) atoms. The van der Waals surface area contributed by atoms with Gasteiger partial charge < -0.3 is 19.0 Å². The lowest BCUT2D eigenvalue weighted by atomic mass is 9.99. The van der Waals surface area contributed by atoms with Gasteiger partial charge in [0, 0.05) is 24.8 Å². The Morgan fingerprint density at radius 3 is 2.08 bits per heavy atom. The summed E-state index contributed by atoms with van der Waals surface area (Å²) < 4.78 is 20.5. The maximum atomic E-state index is 12.6. The molecule has 4 atom stereocenters. The van der Waals surface area contributed by atoms with E-state index in [4.69, 9.17) is 13.9 Å². The highest BCUT2D eigenvalue weighted by Gasteiger charge is 2.52. The number of hydrogen-bond acceptors (Lipinski definition) is 6. The van der Waals surface area contributed by atoms with Gasteiger partial charge in [-0.1, -0.05) is 81.4 Å². The largest absolute Gasteiger partial charge is 0.405 e. The first-order chi connectivity index (χ1) is 17.6. The van der Waals surface area contributed by atoms with Crippen LogP contribution in [0.3, 0.4) is 0 Å². The molecule has 2 aromatic carbocycles. The standard InChI is InChI=1S/C28H36N2O6Si/c1-19-16-30(27(33)29-25(19)32)26-24(34-5)22(17-31)23(36-26)18-35-37(28(2,3)4,20-12-8-6-9-13-20)21-14-10-7-11-15-21/h6-16,22-24,26,31H,17-18H2,1-5H3,(H,29,32,33)/t22-,23-,24-,26-/m1/s1. The van der Waals surface area contributed by atoms with Crippen molar-refractivity contribution in [2.45, 2.75) is 51.2 Å². The molecule has 4 rings (SSSR count). The maximum absolute atomic E-state index is 12.6. The summed E-state index contributed by atoms with van der Waals surface area (Å²) in [5.41, 5.74) is -0.656. The van der Waals surface area contributed by atoms with Crippen molar-refractivity contribution < 1.29 is 19.0 Å². The van der Waals surface area contributed by atoms with E-state index in [9.17, 15) is 14.7 Å². The van der Waals surface area contributed by atoms with Crippen molar-refractivity contribution in [2.24, 2.45) is 5.92 Å². The molecular formula is C28H36N2O6Si. The van der Waals surface area contributed by atoms with Gasteiger partial charge in [-0.25, -0.2) is 4.79 Å². The van der Waals surface area contributed by atoms with E-state index in [1.165, 1.54) is 17.9 Å². The minimum atomic E-state index is -2.84. The molecule has 0 saturated carbocycles. The summed E-state index contributed by atoms with van der Waals surface area (Å²) in [7, 11) is -1.31. The van der Waals surface area contributed by atoms with Crippen LogP contribution < -0.4 is 21.6 Å². The fourth-order valence-electron chi connectivity index (χ4n) is 5.42. The fraction of sp³-hybridized carbons (Fsp3) is 0.429. The topological polar surface area (TPSA) is 103 Å². The van der Waals surface area contributed by atoms with Gasteiger partial charge in [-0.05, 0) is 22.3 Å². The van der Waals surface area contributed by atoms with Crippen molar-refractivity contribution in [1.29, 1.82) is 0 Å². The Labute approximate surface area is 218 Å². The molecule has 0 bridgehead atoms. The third-order valence-corrected chi connectivity index (χ3v) is 12.3. The number of benzene rings is 2. The van der Waals surface area contributed by atoms with Gasteiger partial charge in [0.05, 0.1) is 19.3 Å². The SMILES string of the molecule is CO[C@@H]1[C@H](CO)[C@@H](CO[Si](c2ccccc2)(c2ccccc2)C(C)(C)C)O[C@H]1n1cc(C)c(=O)[nH]c1=O. The minimum Gasteiger partial charge on any atom is -0.405 e. The third kappa shape index (κ3) is 5.02. The van der Waals surface area contributed by atoms with Crippen molar-refractivity contribution in [3.63, 3.8) is 0 Å². The van der Waals surface area contributed by atoms with Gasteiger partial charge in [0.25, 0.3) is 13.9 Å². The number of nitrogens with zero attached hydrogens (tertiary/aromatic N) is 1. The minimum absolute atomic E-state index is 0.200. The lowest BCUT2D eigenvalue weighted by molar-refractivity contribution is -0.0611. The molecule has 1 saturated heterocycles. The van der Waals surface area contributed by atoms with Crippen LogP contribution in [0.4, 0.5) is 0 Å². The molecular weight excluding hydrogens is 488 g/mol. The Morgan fingerprint density at radius 2 is 1.59 bits per heavy atom. The molecule has 198 valence electrons. The summed E-state index contributed by atoms with van der Waals surface area (Å²) in [5, 5.41) is 12.4. The smallest absolute Gasteiger partial charge is 0.330 e. The van der Waals surface area contributed by atoms with Crippen molar-refractivity contribution >= 4 is 18.7 Å². The Morgan fingerprint density at radius 1 is 1.03 bits per heavy atom. The third-order valence-electron chi connectivity index (χ3n) is 7.28. The van der Waals surface area contributed by atoms with E-state index in [2.05, 4.69) is 50.0 Å². The fourth-order valence-corrected chi connectivity index (χ4v) is 9.99. The number of ether oxygens (including phenoxy) is 2. The molecule has 0 radical (unpaired) electrons. The normalized spacial score (nSPS) is 22.3. The lowest BCUT2D eigenvalue weighted by Crippen LogP contribution is -2.67. The Bertz CT molecular complexity index is 1260. The van der Waals surface area contributed by atoms with Crippen LogP contribution in [0.1, 0.15) is 32.6 Å². The van der Waals surface area contributed by atoms with Crippen molar-refractivity contribution in [3.8, 4) is 0 Å². The molecule has 8 nitrogen and oxygen atoms in total. The summed E-state index contributed by atoms with van der Waals surface area (Å²) in [4.78, 5) is 26.9. The van der Waals surface area contributed by atoms with Crippen LogP contribution in [0.5, 0.6) is 0 Å². The number of hydrogen-bond donors (Lipinski definition) is 2. The Hall–Kier alpha value is -2.82. The molecule has 0 unspecified atom stereocenters. The number of aryl methyl sites for hydroxylation is 1. The van der Waals surface area contributed by atoms with E-state index < -0.39 is 43.9 Å². The number of nitrogens with one attached hydrogen (secondary N) is 1. The van der Waals surface area contributed by atoms with E-state index in [0.717, 1.165) is 10.4 Å². The molecule has 0 amide bonds. The van der Waals surface area contributed by atoms with Gasteiger partial charge in [0.15, 0.2) is 6.23 Å². The number of H-pyrrole nitrogens is 1. The van der Waals surface area contributed by atoms with Crippen LogP contribution in [0.25, 0.3) is 0 Å². The van der Waals surface area contributed by atoms with Gasteiger partial charge in [0.2, 0.25) is 0 Å². The maximum Gasteiger partial charge on any atom is 0.330 e. The second kappa shape index (κ2) is 10.9. The lowest BCUT2D eigenvalue weighted by Gasteiger charge is -2.43. The zero-order chi connectivity index (χ0) is 26.8. The van der Waals surface area contributed by atoms with E-state index in [0.29, 0.717) is 5.56 Å². The summed E-state index contributed by atoms with van der Waals surface area (Å²) in [6.45, 7) is 8.20. The molecule has 0 spiro atoms. The Kier molecular flexibility index (Phi) is 8.01. The number of aliphatic hydroxyl groups is 1. The van der Waals surface area contributed by atoms with Gasteiger partial charge in [-0.15, -0.1) is 0 Å². The van der Waals surface area contributed by atoms with Crippen LogP contribution in [0.2, 0.25) is 5.04 Å². The molecule has 2 heterocycles. The van der Waals surface area contributed by atoms with Crippen molar-refractivity contribution in [1.82, 2.24) is 9.55 Å². The van der Waals surface area contributed by atoms with Gasteiger partial charge in [-0.3, -0.25) is 14.3 Å².